The zero-order chi connectivity index (χ0) is 20.9. The molecule has 0 spiro atoms. The third-order valence-electron chi connectivity index (χ3n) is 5.72. The van der Waals surface area contributed by atoms with Crippen molar-refractivity contribution in [1.29, 1.82) is 0 Å². The van der Waals surface area contributed by atoms with E-state index in [9.17, 15) is 18.3 Å². The Morgan fingerprint density at radius 2 is 2.07 bits per heavy atom. The summed E-state index contributed by atoms with van der Waals surface area (Å²) in [5.41, 5.74) is 0.368. The van der Waals surface area contributed by atoms with Crippen molar-refractivity contribution >= 4 is 15.9 Å². The minimum atomic E-state index is -3.70. The molecule has 9 heteroatoms. The zero-order valence-corrected chi connectivity index (χ0v) is 17.7. The lowest BCUT2D eigenvalue weighted by atomic mass is 10.1. The van der Waals surface area contributed by atoms with Crippen molar-refractivity contribution < 1.29 is 23.1 Å². The van der Waals surface area contributed by atoms with Crippen molar-refractivity contribution in [1.82, 2.24) is 14.5 Å². The van der Waals surface area contributed by atoms with Gasteiger partial charge in [0.05, 0.1) is 17.6 Å². The summed E-state index contributed by atoms with van der Waals surface area (Å²) in [5, 5.41) is 9.46. The van der Waals surface area contributed by atoms with E-state index < -0.39 is 10.0 Å². The third-order valence-corrected chi connectivity index (χ3v) is 7.14. The highest BCUT2D eigenvalue weighted by Gasteiger charge is 2.26. The normalized spacial score (nSPS) is 22.0. The molecule has 8 nitrogen and oxygen atoms in total. The average molecular weight is 426 g/mol. The first kappa shape index (κ1) is 22.2. The number of aliphatic hydroxyl groups is 1. The van der Waals surface area contributed by atoms with Crippen LogP contribution in [0.25, 0.3) is 0 Å². The number of hydrogen-bond donors (Lipinski definition) is 2. The van der Waals surface area contributed by atoms with Gasteiger partial charge in [0.1, 0.15) is 0 Å². The molecule has 1 amide bonds. The number of rotatable bonds is 8. The van der Waals surface area contributed by atoms with Crippen molar-refractivity contribution in [2.24, 2.45) is 0 Å². The number of nitrogens with one attached hydrogen (secondary N) is 1. The van der Waals surface area contributed by atoms with Crippen LogP contribution < -0.4 is 4.72 Å². The standard InChI is InChI=1S/C20H31N3O5S/c1-2-17(15-24)22-8-10-23(11-9-22)20(25)16-5-3-7-19(13-16)29(26,27)21-14-18-6-4-12-28-18/h3,5,7,13,17-18,21,24H,2,4,6,8-12,14-15H2,1H3/t17-,18-/m1/s1. The molecule has 162 valence electrons. The van der Waals surface area contributed by atoms with E-state index in [-0.39, 0.29) is 36.1 Å². The molecule has 0 aliphatic carbocycles. The first-order chi connectivity index (χ1) is 13.9. The predicted molar refractivity (Wildman–Crippen MR) is 109 cm³/mol. The molecule has 1 aromatic rings. The summed E-state index contributed by atoms with van der Waals surface area (Å²) >= 11 is 0. The number of benzene rings is 1. The van der Waals surface area contributed by atoms with E-state index >= 15 is 0 Å². The van der Waals surface area contributed by atoms with Crippen LogP contribution in [0.3, 0.4) is 0 Å². The largest absolute Gasteiger partial charge is 0.395 e. The molecular formula is C20H31N3O5S. The predicted octanol–water partition coefficient (Wildman–Crippen LogP) is 0.673. The third kappa shape index (κ3) is 5.55. The lowest BCUT2D eigenvalue weighted by Crippen LogP contribution is -2.52. The minimum Gasteiger partial charge on any atom is -0.395 e. The van der Waals surface area contributed by atoms with Crippen molar-refractivity contribution in [3.63, 3.8) is 0 Å². The van der Waals surface area contributed by atoms with Gasteiger partial charge in [-0.3, -0.25) is 9.69 Å². The number of amides is 1. The fraction of sp³-hybridized carbons (Fsp3) is 0.650. The van der Waals surface area contributed by atoms with Gasteiger partial charge in [-0.05, 0) is 37.5 Å². The Hall–Kier alpha value is -1.52. The van der Waals surface area contributed by atoms with Crippen LogP contribution in [0.1, 0.15) is 36.5 Å². The monoisotopic (exact) mass is 425 g/mol. The quantitative estimate of drug-likeness (QED) is 0.635. The van der Waals surface area contributed by atoms with Crippen LogP contribution in [0.5, 0.6) is 0 Å². The van der Waals surface area contributed by atoms with Crippen molar-refractivity contribution in [3.05, 3.63) is 29.8 Å². The SMILES string of the molecule is CC[C@H](CO)N1CCN(C(=O)c2cccc(S(=O)(=O)NC[C@H]3CCCO3)c2)CC1. The molecule has 29 heavy (non-hydrogen) atoms. The summed E-state index contributed by atoms with van der Waals surface area (Å²) in [6.45, 7) is 5.58. The van der Waals surface area contributed by atoms with E-state index in [2.05, 4.69) is 9.62 Å². The van der Waals surface area contributed by atoms with Gasteiger partial charge in [0.25, 0.3) is 5.91 Å². The zero-order valence-electron chi connectivity index (χ0n) is 16.9. The molecule has 2 heterocycles. The maximum atomic E-state index is 12.9. The van der Waals surface area contributed by atoms with Gasteiger partial charge in [-0.1, -0.05) is 13.0 Å². The van der Waals surface area contributed by atoms with Crippen LogP contribution in [0.15, 0.2) is 29.2 Å². The van der Waals surface area contributed by atoms with Crippen LogP contribution in [-0.2, 0) is 14.8 Å². The molecule has 0 radical (unpaired) electrons. The molecule has 2 fully saturated rings. The van der Waals surface area contributed by atoms with Crippen molar-refractivity contribution in [2.45, 2.75) is 43.2 Å². The Kier molecular flexibility index (Phi) is 7.64. The van der Waals surface area contributed by atoms with Gasteiger partial charge in [-0.25, -0.2) is 13.1 Å². The second-order valence-electron chi connectivity index (χ2n) is 7.59. The summed E-state index contributed by atoms with van der Waals surface area (Å²) < 4.78 is 33.3. The van der Waals surface area contributed by atoms with E-state index in [0.717, 1.165) is 19.3 Å². The van der Waals surface area contributed by atoms with Gasteiger partial charge in [0.15, 0.2) is 0 Å². The highest BCUT2D eigenvalue weighted by Crippen LogP contribution is 2.17. The Labute approximate surface area is 172 Å². The molecule has 2 atom stereocenters. The Morgan fingerprint density at radius 3 is 2.69 bits per heavy atom. The molecule has 0 unspecified atom stereocenters. The van der Waals surface area contributed by atoms with Crippen LogP contribution in [0.2, 0.25) is 0 Å². The maximum absolute atomic E-state index is 12.9. The van der Waals surface area contributed by atoms with Gasteiger partial charge >= 0.3 is 0 Å². The molecule has 2 N–H and O–H groups in total. The maximum Gasteiger partial charge on any atom is 0.253 e. The number of aliphatic hydroxyl groups excluding tert-OH is 1. The number of carbonyl (C=O) groups is 1. The Morgan fingerprint density at radius 1 is 1.31 bits per heavy atom. The molecule has 0 aromatic heterocycles. The van der Waals surface area contributed by atoms with Gasteiger partial charge in [-0.15, -0.1) is 0 Å². The molecular weight excluding hydrogens is 394 g/mol. The summed E-state index contributed by atoms with van der Waals surface area (Å²) in [6.07, 6.45) is 2.57. The fourth-order valence-electron chi connectivity index (χ4n) is 3.86. The van der Waals surface area contributed by atoms with Crippen LogP contribution in [0, 0.1) is 0 Å². The number of ether oxygens (including phenoxy) is 1. The van der Waals surface area contributed by atoms with E-state index in [1.165, 1.54) is 12.1 Å². The molecule has 3 rings (SSSR count). The number of sulfonamides is 1. The number of hydrogen-bond acceptors (Lipinski definition) is 6. The molecule has 2 aliphatic rings. The van der Waals surface area contributed by atoms with E-state index in [1.54, 1.807) is 17.0 Å². The minimum absolute atomic E-state index is 0.0863. The summed E-state index contributed by atoms with van der Waals surface area (Å²) in [6, 6.07) is 6.31. The first-order valence-electron chi connectivity index (χ1n) is 10.3. The van der Waals surface area contributed by atoms with Gasteiger partial charge in [0, 0.05) is 50.9 Å². The first-order valence-corrected chi connectivity index (χ1v) is 11.8. The summed E-state index contributed by atoms with van der Waals surface area (Å²) in [7, 11) is -3.70. The molecule has 2 aliphatic heterocycles. The van der Waals surface area contributed by atoms with Crippen LogP contribution in [0.4, 0.5) is 0 Å². The van der Waals surface area contributed by atoms with Gasteiger partial charge in [0.2, 0.25) is 10.0 Å². The van der Waals surface area contributed by atoms with Crippen LogP contribution >= 0.6 is 0 Å². The van der Waals surface area contributed by atoms with E-state index in [0.29, 0.717) is 38.3 Å². The fourth-order valence-corrected chi connectivity index (χ4v) is 4.97. The second-order valence-corrected chi connectivity index (χ2v) is 9.35. The second kappa shape index (κ2) is 9.99. The van der Waals surface area contributed by atoms with Gasteiger partial charge < -0.3 is 14.7 Å². The molecule has 0 saturated carbocycles. The van der Waals surface area contributed by atoms with E-state index in [4.69, 9.17) is 4.74 Å². The number of carbonyl (C=O) groups excluding carboxylic acids is 1. The number of nitrogens with zero attached hydrogens (tertiary/aromatic N) is 2. The summed E-state index contributed by atoms with van der Waals surface area (Å²) in [5.74, 6) is -0.169. The Balaban J connectivity index is 1.62. The van der Waals surface area contributed by atoms with Gasteiger partial charge in [-0.2, -0.15) is 0 Å². The van der Waals surface area contributed by atoms with Crippen LogP contribution in [-0.4, -0.2) is 87.3 Å². The molecule has 1 aromatic carbocycles. The lowest BCUT2D eigenvalue weighted by molar-refractivity contribution is 0.0472. The van der Waals surface area contributed by atoms with E-state index in [1.807, 2.05) is 6.92 Å². The Bertz CT molecular complexity index is 783. The lowest BCUT2D eigenvalue weighted by Gasteiger charge is -2.38. The molecule has 2 saturated heterocycles. The van der Waals surface area contributed by atoms with Crippen molar-refractivity contribution in [3.8, 4) is 0 Å². The number of piperazine rings is 1. The topological polar surface area (TPSA) is 99.2 Å². The smallest absolute Gasteiger partial charge is 0.253 e. The average Bonchev–Trinajstić information content (AvgIpc) is 3.27. The molecule has 0 bridgehead atoms. The highest BCUT2D eigenvalue weighted by atomic mass is 32.2. The highest BCUT2D eigenvalue weighted by molar-refractivity contribution is 7.89. The summed E-state index contributed by atoms with van der Waals surface area (Å²) in [4.78, 5) is 16.9. The van der Waals surface area contributed by atoms with Crippen molar-refractivity contribution in [2.75, 3.05) is 45.9 Å².